The summed E-state index contributed by atoms with van der Waals surface area (Å²) in [5, 5.41) is 12.2. The maximum Gasteiger partial charge on any atom is 0.0568 e. The Labute approximate surface area is 105 Å². The van der Waals surface area contributed by atoms with Gasteiger partial charge in [-0.15, -0.1) is 0 Å². The van der Waals surface area contributed by atoms with Crippen LogP contribution in [0.2, 0.25) is 0 Å². The molecule has 3 rings (SSSR count). The third-order valence-corrected chi connectivity index (χ3v) is 4.02. The van der Waals surface area contributed by atoms with Gasteiger partial charge in [0.15, 0.2) is 0 Å². The molecule has 1 aliphatic heterocycles. The Morgan fingerprint density at radius 2 is 2.47 bits per heavy atom. The summed E-state index contributed by atoms with van der Waals surface area (Å²) >= 11 is 1.73. The van der Waals surface area contributed by atoms with Crippen molar-refractivity contribution in [2.75, 3.05) is 13.1 Å². The average molecular weight is 247 g/mol. The summed E-state index contributed by atoms with van der Waals surface area (Å²) < 4.78 is 2.09. The molecular formula is C13H17N3S. The normalized spacial score (nSPS) is 20.6. The minimum atomic E-state index is 0.735. The number of thiophene rings is 1. The highest BCUT2D eigenvalue weighted by molar-refractivity contribution is 7.08. The maximum atomic E-state index is 4.46. The molecule has 3 heterocycles. The number of aromatic nitrogens is 2. The van der Waals surface area contributed by atoms with Crippen molar-refractivity contribution in [3.05, 3.63) is 29.2 Å². The molecule has 0 unspecified atom stereocenters. The van der Waals surface area contributed by atoms with Gasteiger partial charge in [0.2, 0.25) is 0 Å². The highest BCUT2D eigenvalue weighted by Crippen LogP contribution is 2.22. The monoisotopic (exact) mass is 247 g/mol. The van der Waals surface area contributed by atoms with Crippen LogP contribution in [0, 0.1) is 5.92 Å². The summed E-state index contributed by atoms with van der Waals surface area (Å²) in [6.45, 7) is 3.35. The molecule has 1 atom stereocenters. The lowest BCUT2D eigenvalue weighted by atomic mass is 10.00. The standard InChI is InChI=1S/C13H17N3S/c1-2-11(6-14-4-1)8-16-9-13(7-15-16)12-3-5-17-10-12/h3,5,7,9-11,14H,1-2,4,6,8H2/t11-/m0/s1. The predicted octanol–water partition coefficient (Wildman–Crippen LogP) is 2.61. The summed E-state index contributed by atoms with van der Waals surface area (Å²) in [7, 11) is 0. The molecule has 0 radical (unpaired) electrons. The molecule has 0 bridgehead atoms. The van der Waals surface area contributed by atoms with Gasteiger partial charge in [0, 0.05) is 18.3 Å². The second kappa shape index (κ2) is 5.02. The van der Waals surface area contributed by atoms with E-state index in [2.05, 4.69) is 38.1 Å². The lowest BCUT2D eigenvalue weighted by molar-refractivity contribution is 0.325. The second-order valence-electron chi connectivity index (χ2n) is 4.68. The van der Waals surface area contributed by atoms with Crippen molar-refractivity contribution in [2.45, 2.75) is 19.4 Å². The number of hydrogen-bond acceptors (Lipinski definition) is 3. The molecule has 1 N–H and O–H groups in total. The van der Waals surface area contributed by atoms with Gasteiger partial charge in [-0.2, -0.15) is 16.4 Å². The molecule has 2 aromatic heterocycles. The van der Waals surface area contributed by atoms with Crippen molar-refractivity contribution in [3.8, 4) is 11.1 Å². The highest BCUT2D eigenvalue weighted by atomic mass is 32.1. The van der Waals surface area contributed by atoms with Gasteiger partial charge in [-0.05, 0) is 54.2 Å². The average Bonchev–Trinajstić information content (AvgIpc) is 3.00. The maximum absolute atomic E-state index is 4.46. The van der Waals surface area contributed by atoms with E-state index < -0.39 is 0 Å². The van der Waals surface area contributed by atoms with Crippen LogP contribution in [0.15, 0.2) is 29.2 Å². The summed E-state index contributed by atoms with van der Waals surface area (Å²) in [6, 6.07) is 2.15. The molecule has 90 valence electrons. The number of rotatable bonds is 3. The molecule has 1 saturated heterocycles. The number of piperidine rings is 1. The molecule has 2 aromatic rings. The minimum Gasteiger partial charge on any atom is -0.316 e. The molecule has 1 aliphatic rings. The third kappa shape index (κ3) is 2.58. The quantitative estimate of drug-likeness (QED) is 0.903. The largest absolute Gasteiger partial charge is 0.316 e. The second-order valence-corrected chi connectivity index (χ2v) is 5.46. The minimum absolute atomic E-state index is 0.735. The third-order valence-electron chi connectivity index (χ3n) is 3.33. The lowest BCUT2D eigenvalue weighted by Gasteiger charge is -2.22. The first-order chi connectivity index (χ1) is 8.42. The van der Waals surface area contributed by atoms with E-state index in [0.717, 1.165) is 19.0 Å². The zero-order chi connectivity index (χ0) is 11.5. The molecule has 3 nitrogen and oxygen atoms in total. The number of nitrogens with one attached hydrogen (secondary N) is 1. The van der Waals surface area contributed by atoms with Crippen molar-refractivity contribution in [1.82, 2.24) is 15.1 Å². The Bertz CT molecular complexity index is 455. The van der Waals surface area contributed by atoms with Gasteiger partial charge in [-0.1, -0.05) is 0 Å². The van der Waals surface area contributed by atoms with Gasteiger partial charge in [0.25, 0.3) is 0 Å². The number of nitrogens with zero attached hydrogens (tertiary/aromatic N) is 2. The van der Waals surface area contributed by atoms with Crippen molar-refractivity contribution < 1.29 is 0 Å². The van der Waals surface area contributed by atoms with Gasteiger partial charge >= 0.3 is 0 Å². The zero-order valence-corrected chi connectivity index (χ0v) is 10.6. The van der Waals surface area contributed by atoms with E-state index in [1.165, 1.54) is 30.5 Å². The van der Waals surface area contributed by atoms with Crippen LogP contribution in [0.3, 0.4) is 0 Å². The molecule has 4 heteroatoms. The van der Waals surface area contributed by atoms with Crippen molar-refractivity contribution >= 4 is 11.3 Å². The molecule has 0 saturated carbocycles. The van der Waals surface area contributed by atoms with E-state index >= 15 is 0 Å². The molecule has 0 aromatic carbocycles. The van der Waals surface area contributed by atoms with Crippen molar-refractivity contribution in [2.24, 2.45) is 5.92 Å². The molecule has 1 fully saturated rings. The van der Waals surface area contributed by atoms with Gasteiger partial charge in [-0.25, -0.2) is 0 Å². The lowest BCUT2D eigenvalue weighted by Crippen LogP contribution is -2.32. The molecule has 0 amide bonds. The molecule has 0 aliphatic carbocycles. The van der Waals surface area contributed by atoms with Crippen LogP contribution in [0.5, 0.6) is 0 Å². The Morgan fingerprint density at radius 1 is 1.47 bits per heavy atom. The Hall–Kier alpha value is -1.13. The van der Waals surface area contributed by atoms with Crippen LogP contribution in [0.1, 0.15) is 12.8 Å². The summed E-state index contributed by atoms with van der Waals surface area (Å²) in [5.41, 5.74) is 2.51. The molecular weight excluding hydrogens is 230 g/mol. The summed E-state index contributed by atoms with van der Waals surface area (Å²) in [4.78, 5) is 0. The fraction of sp³-hybridized carbons (Fsp3) is 0.462. The van der Waals surface area contributed by atoms with Crippen LogP contribution in [-0.4, -0.2) is 22.9 Å². The summed E-state index contributed by atoms with van der Waals surface area (Å²) in [5.74, 6) is 0.735. The van der Waals surface area contributed by atoms with Crippen LogP contribution in [-0.2, 0) is 6.54 Å². The molecule has 17 heavy (non-hydrogen) atoms. The van der Waals surface area contributed by atoms with E-state index in [1.54, 1.807) is 11.3 Å². The number of hydrogen-bond donors (Lipinski definition) is 1. The Kier molecular flexibility index (Phi) is 3.25. The fourth-order valence-electron chi connectivity index (χ4n) is 2.39. The van der Waals surface area contributed by atoms with Gasteiger partial charge < -0.3 is 5.32 Å². The van der Waals surface area contributed by atoms with Crippen LogP contribution in [0.4, 0.5) is 0 Å². The first kappa shape index (κ1) is 11.0. The highest BCUT2D eigenvalue weighted by Gasteiger charge is 2.14. The SMILES string of the molecule is c1cc(-c2cnn(C[C@H]3CCCNC3)c2)cs1. The summed E-state index contributed by atoms with van der Waals surface area (Å²) in [6.07, 6.45) is 6.75. The van der Waals surface area contributed by atoms with E-state index in [4.69, 9.17) is 0 Å². The van der Waals surface area contributed by atoms with Crippen molar-refractivity contribution in [3.63, 3.8) is 0 Å². The Balaban J connectivity index is 1.68. The van der Waals surface area contributed by atoms with Crippen LogP contribution < -0.4 is 5.32 Å². The molecule has 0 spiro atoms. The van der Waals surface area contributed by atoms with E-state index in [0.29, 0.717) is 0 Å². The first-order valence-electron chi connectivity index (χ1n) is 6.17. The fourth-order valence-corrected chi connectivity index (χ4v) is 3.05. The van der Waals surface area contributed by atoms with E-state index in [1.807, 2.05) is 6.20 Å². The zero-order valence-electron chi connectivity index (χ0n) is 9.80. The van der Waals surface area contributed by atoms with E-state index in [-0.39, 0.29) is 0 Å². The van der Waals surface area contributed by atoms with Gasteiger partial charge in [-0.3, -0.25) is 4.68 Å². The van der Waals surface area contributed by atoms with Crippen LogP contribution in [0.25, 0.3) is 11.1 Å². The topological polar surface area (TPSA) is 29.9 Å². The van der Waals surface area contributed by atoms with Gasteiger partial charge in [0.1, 0.15) is 0 Å². The van der Waals surface area contributed by atoms with E-state index in [9.17, 15) is 0 Å². The Morgan fingerprint density at radius 3 is 3.24 bits per heavy atom. The van der Waals surface area contributed by atoms with Gasteiger partial charge in [0.05, 0.1) is 6.20 Å². The predicted molar refractivity (Wildman–Crippen MR) is 71.1 cm³/mol. The van der Waals surface area contributed by atoms with Crippen LogP contribution >= 0.6 is 11.3 Å². The smallest absolute Gasteiger partial charge is 0.0568 e. The van der Waals surface area contributed by atoms with Crippen molar-refractivity contribution in [1.29, 1.82) is 0 Å². The first-order valence-corrected chi connectivity index (χ1v) is 7.12.